The highest BCUT2D eigenvalue weighted by Crippen LogP contribution is 2.30. The summed E-state index contributed by atoms with van der Waals surface area (Å²) in [5.74, 6) is 0.286. The average Bonchev–Trinajstić information content (AvgIpc) is 2.41. The number of phenolic OH excluding ortho intramolecular Hbond substituents is 1. The standard InChI is InChI=1S/C14H20BrNO2/c15-12-6-4-5-11(13(12)18)9-16-14(10-17)7-2-1-3-8-14/h4-6,16-18H,1-3,7-10H2. The van der Waals surface area contributed by atoms with Crippen molar-refractivity contribution in [3.8, 4) is 5.75 Å². The molecule has 0 atom stereocenters. The zero-order valence-corrected chi connectivity index (χ0v) is 12.0. The summed E-state index contributed by atoms with van der Waals surface area (Å²) in [5.41, 5.74) is 0.704. The highest BCUT2D eigenvalue weighted by Gasteiger charge is 2.30. The van der Waals surface area contributed by atoms with Gasteiger partial charge in [0, 0.05) is 17.6 Å². The minimum absolute atomic E-state index is 0.160. The second-order valence-corrected chi connectivity index (χ2v) is 5.95. The molecule has 1 aromatic rings. The van der Waals surface area contributed by atoms with Gasteiger partial charge >= 0.3 is 0 Å². The smallest absolute Gasteiger partial charge is 0.134 e. The van der Waals surface area contributed by atoms with Crippen molar-refractivity contribution in [2.75, 3.05) is 6.61 Å². The molecule has 3 nitrogen and oxygen atoms in total. The summed E-state index contributed by atoms with van der Waals surface area (Å²) in [6, 6.07) is 5.63. The van der Waals surface area contributed by atoms with E-state index in [-0.39, 0.29) is 17.9 Å². The number of aromatic hydroxyl groups is 1. The second kappa shape index (κ2) is 6.04. The molecule has 0 aromatic heterocycles. The Bertz CT molecular complexity index is 403. The van der Waals surface area contributed by atoms with Crippen LogP contribution in [-0.2, 0) is 6.54 Å². The normalized spacial score (nSPS) is 18.8. The Labute approximate surface area is 116 Å². The summed E-state index contributed by atoms with van der Waals surface area (Å²) < 4.78 is 0.712. The van der Waals surface area contributed by atoms with Crippen molar-refractivity contribution in [1.29, 1.82) is 0 Å². The van der Waals surface area contributed by atoms with Crippen LogP contribution in [0.25, 0.3) is 0 Å². The Balaban J connectivity index is 2.03. The Morgan fingerprint density at radius 3 is 2.61 bits per heavy atom. The molecule has 0 bridgehead atoms. The quantitative estimate of drug-likeness (QED) is 0.801. The zero-order chi connectivity index (χ0) is 13.0. The first kappa shape index (κ1) is 13.8. The molecule has 1 aliphatic rings. The topological polar surface area (TPSA) is 52.5 Å². The minimum Gasteiger partial charge on any atom is -0.506 e. The van der Waals surface area contributed by atoms with Crippen molar-refractivity contribution < 1.29 is 10.2 Å². The van der Waals surface area contributed by atoms with E-state index in [4.69, 9.17) is 0 Å². The molecule has 0 heterocycles. The number of phenols is 1. The van der Waals surface area contributed by atoms with Crippen LogP contribution >= 0.6 is 15.9 Å². The van der Waals surface area contributed by atoms with Crippen LogP contribution in [0.5, 0.6) is 5.75 Å². The summed E-state index contributed by atoms with van der Waals surface area (Å²) in [7, 11) is 0. The SMILES string of the molecule is OCC1(NCc2cccc(Br)c2O)CCCCC1. The molecule has 1 saturated carbocycles. The molecule has 0 amide bonds. The molecule has 3 N–H and O–H groups in total. The number of para-hydroxylation sites is 1. The third kappa shape index (κ3) is 3.05. The van der Waals surface area contributed by atoms with Crippen molar-refractivity contribution in [2.24, 2.45) is 0 Å². The molecule has 1 fully saturated rings. The highest BCUT2D eigenvalue weighted by molar-refractivity contribution is 9.10. The van der Waals surface area contributed by atoms with Gasteiger partial charge in [-0.15, -0.1) is 0 Å². The maximum Gasteiger partial charge on any atom is 0.134 e. The fourth-order valence-electron chi connectivity index (χ4n) is 2.60. The zero-order valence-electron chi connectivity index (χ0n) is 10.5. The number of aliphatic hydroxyl groups excluding tert-OH is 1. The van der Waals surface area contributed by atoms with Crippen LogP contribution in [0.2, 0.25) is 0 Å². The van der Waals surface area contributed by atoms with E-state index in [1.54, 1.807) is 0 Å². The Kier molecular flexibility index (Phi) is 4.65. The third-order valence-corrected chi connectivity index (χ3v) is 4.48. The maximum absolute atomic E-state index is 9.93. The van der Waals surface area contributed by atoms with Crippen LogP contribution < -0.4 is 5.32 Å². The average molecular weight is 314 g/mol. The lowest BCUT2D eigenvalue weighted by Crippen LogP contribution is -2.49. The van der Waals surface area contributed by atoms with Crippen molar-refractivity contribution >= 4 is 15.9 Å². The van der Waals surface area contributed by atoms with Gasteiger partial charge in [0.15, 0.2) is 0 Å². The van der Waals surface area contributed by atoms with Crippen molar-refractivity contribution in [1.82, 2.24) is 5.32 Å². The van der Waals surface area contributed by atoms with E-state index in [0.29, 0.717) is 11.0 Å². The summed E-state index contributed by atoms with van der Waals surface area (Å²) >= 11 is 3.32. The van der Waals surface area contributed by atoms with Crippen LogP contribution in [-0.4, -0.2) is 22.4 Å². The minimum atomic E-state index is -0.160. The van der Waals surface area contributed by atoms with E-state index in [0.717, 1.165) is 31.2 Å². The maximum atomic E-state index is 9.93. The van der Waals surface area contributed by atoms with Crippen LogP contribution in [0.15, 0.2) is 22.7 Å². The molecular formula is C14H20BrNO2. The summed E-state index contributed by atoms with van der Waals surface area (Å²) in [4.78, 5) is 0. The van der Waals surface area contributed by atoms with Gasteiger partial charge < -0.3 is 15.5 Å². The van der Waals surface area contributed by atoms with Crippen LogP contribution in [0, 0.1) is 0 Å². The lowest BCUT2D eigenvalue weighted by Gasteiger charge is -2.36. The van der Waals surface area contributed by atoms with E-state index in [9.17, 15) is 10.2 Å². The van der Waals surface area contributed by atoms with E-state index >= 15 is 0 Å². The molecule has 0 aliphatic heterocycles. The number of benzene rings is 1. The Hall–Kier alpha value is -0.580. The lowest BCUT2D eigenvalue weighted by atomic mass is 9.82. The molecule has 0 saturated heterocycles. The number of nitrogens with one attached hydrogen (secondary N) is 1. The fraction of sp³-hybridized carbons (Fsp3) is 0.571. The van der Waals surface area contributed by atoms with E-state index in [1.807, 2.05) is 18.2 Å². The van der Waals surface area contributed by atoms with Gasteiger partial charge in [-0.25, -0.2) is 0 Å². The Morgan fingerprint density at radius 2 is 1.94 bits per heavy atom. The molecule has 100 valence electrons. The molecule has 1 aromatic carbocycles. The Morgan fingerprint density at radius 1 is 1.22 bits per heavy atom. The highest BCUT2D eigenvalue weighted by atomic mass is 79.9. The predicted octanol–water partition coefficient (Wildman–Crippen LogP) is 2.94. The van der Waals surface area contributed by atoms with Crippen molar-refractivity contribution in [3.05, 3.63) is 28.2 Å². The molecule has 0 spiro atoms. The molecule has 0 radical (unpaired) electrons. The van der Waals surface area contributed by atoms with Crippen LogP contribution in [0.4, 0.5) is 0 Å². The van der Waals surface area contributed by atoms with Gasteiger partial charge in [-0.1, -0.05) is 31.4 Å². The van der Waals surface area contributed by atoms with E-state index in [1.165, 1.54) is 6.42 Å². The summed E-state index contributed by atoms with van der Waals surface area (Å²) in [6.45, 7) is 0.758. The van der Waals surface area contributed by atoms with Crippen molar-refractivity contribution in [2.45, 2.75) is 44.2 Å². The van der Waals surface area contributed by atoms with Gasteiger partial charge in [-0.3, -0.25) is 0 Å². The molecule has 18 heavy (non-hydrogen) atoms. The monoisotopic (exact) mass is 313 g/mol. The molecule has 4 heteroatoms. The first-order valence-electron chi connectivity index (χ1n) is 6.49. The van der Waals surface area contributed by atoms with Gasteiger partial charge in [0.1, 0.15) is 5.75 Å². The third-order valence-electron chi connectivity index (χ3n) is 3.84. The van der Waals surface area contributed by atoms with E-state index in [2.05, 4.69) is 21.2 Å². The number of halogens is 1. The largest absolute Gasteiger partial charge is 0.506 e. The number of rotatable bonds is 4. The lowest BCUT2D eigenvalue weighted by molar-refractivity contribution is 0.119. The van der Waals surface area contributed by atoms with Gasteiger partial charge in [0.25, 0.3) is 0 Å². The summed E-state index contributed by atoms with van der Waals surface area (Å²) in [6.07, 6.45) is 5.61. The number of aliphatic hydroxyl groups is 1. The van der Waals surface area contributed by atoms with Gasteiger partial charge in [0.2, 0.25) is 0 Å². The number of hydrogen-bond donors (Lipinski definition) is 3. The van der Waals surface area contributed by atoms with Crippen LogP contribution in [0.1, 0.15) is 37.7 Å². The van der Waals surface area contributed by atoms with Crippen molar-refractivity contribution in [3.63, 3.8) is 0 Å². The van der Waals surface area contributed by atoms with Crippen LogP contribution in [0.3, 0.4) is 0 Å². The first-order valence-corrected chi connectivity index (χ1v) is 7.28. The first-order chi connectivity index (χ1) is 8.67. The molecule has 0 unspecified atom stereocenters. The second-order valence-electron chi connectivity index (χ2n) is 5.10. The molecular weight excluding hydrogens is 294 g/mol. The van der Waals surface area contributed by atoms with E-state index < -0.39 is 0 Å². The molecule has 2 rings (SSSR count). The summed E-state index contributed by atoms with van der Waals surface area (Å²) in [5, 5.41) is 23.0. The van der Waals surface area contributed by atoms with Gasteiger partial charge in [0.05, 0.1) is 11.1 Å². The van der Waals surface area contributed by atoms with Gasteiger partial charge in [-0.2, -0.15) is 0 Å². The van der Waals surface area contributed by atoms with Gasteiger partial charge in [-0.05, 0) is 34.8 Å². The fourth-order valence-corrected chi connectivity index (χ4v) is 3.01. The predicted molar refractivity (Wildman–Crippen MR) is 75.5 cm³/mol. The molecule has 1 aliphatic carbocycles. The number of hydrogen-bond acceptors (Lipinski definition) is 3.